The Hall–Kier alpha value is -0.0800. The minimum Gasteiger partial charge on any atom is -0.385 e. The third kappa shape index (κ3) is 1.40. The van der Waals surface area contributed by atoms with Crippen LogP contribution in [0.15, 0.2) is 0 Å². The van der Waals surface area contributed by atoms with Crippen LogP contribution in [0.1, 0.15) is 33.1 Å². The van der Waals surface area contributed by atoms with Crippen molar-refractivity contribution in [2.45, 2.75) is 39.2 Å². The molecule has 0 aromatic carbocycles. The molecule has 0 aromatic rings. The van der Waals surface area contributed by atoms with Gasteiger partial charge in [-0.25, -0.2) is 0 Å². The van der Waals surface area contributed by atoms with Crippen LogP contribution in [0, 0.1) is 23.2 Å². The summed E-state index contributed by atoms with van der Waals surface area (Å²) < 4.78 is 5.14. The van der Waals surface area contributed by atoms with Gasteiger partial charge in [0.2, 0.25) is 0 Å². The fourth-order valence-corrected chi connectivity index (χ4v) is 3.54. The zero-order valence-electron chi connectivity index (χ0n) is 9.62. The van der Waals surface area contributed by atoms with E-state index >= 15 is 0 Å². The number of rotatable bonds is 3. The van der Waals surface area contributed by atoms with E-state index in [1.165, 1.54) is 12.8 Å². The van der Waals surface area contributed by atoms with E-state index in [1.807, 2.05) is 0 Å². The maximum atomic E-state index is 6.32. The van der Waals surface area contributed by atoms with Crippen molar-refractivity contribution in [3.05, 3.63) is 0 Å². The van der Waals surface area contributed by atoms with Gasteiger partial charge in [0.15, 0.2) is 0 Å². The molecule has 0 unspecified atom stereocenters. The Morgan fingerprint density at radius 2 is 2.07 bits per heavy atom. The third-order valence-electron chi connectivity index (χ3n) is 4.84. The fourth-order valence-electron chi connectivity index (χ4n) is 3.54. The summed E-state index contributed by atoms with van der Waals surface area (Å²) in [5.74, 6) is 2.41. The number of fused-ring (bicyclic) bond motifs is 2. The number of hydrogen-bond donors (Lipinski definition) is 1. The van der Waals surface area contributed by atoms with E-state index < -0.39 is 0 Å². The predicted octanol–water partition coefficient (Wildman–Crippen LogP) is 2.03. The summed E-state index contributed by atoms with van der Waals surface area (Å²) in [5.41, 5.74) is 6.84. The van der Waals surface area contributed by atoms with E-state index in [2.05, 4.69) is 13.8 Å². The lowest BCUT2D eigenvalue weighted by molar-refractivity contribution is -0.108. The molecule has 3 aliphatic rings. The molecule has 2 nitrogen and oxygen atoms in total. The Kier molecular flexibility index (Phi) is 2.61. The highest BCUT2D eigenvalue weighted by Crippen LogP contribution is 2.60. The van der Waals surface area contributed by atoms with Crippen LogP contribution in [0.2, 0.25) is 0 Å². The maximum Gasteiger partial charge on any atom is 0.0465 e. The Balaban J connectivity index is 1.94. The summed E-state index contributed by atoms with van der Waals surface area (Å²) in [6.07, 6.45) is 3.85. The normalized spacial score (nSPS) is 44.6. The smallest absolute Gasteiger partial charge is 0.0465 e. The first-order chi connectivity index (χ1) is 6.57. The van der Waals surface area contributed by atoms with Gasteiger partial charge in [0, 0.05) is 19.8 Å². The Bertz CT molecular complexity index is 214. The number of methoxy groups -OCH3 is 1. The molecule has 14 heavy (non-hydrogen) atoms. The van der Waals surface area contributed by atoms with Crippen LogP contribution >= 0.6 is 0 Å². The van der Waals surface area contributed by atoms with Crippen LogP contribution < -0.4 is 5.73 Å². The predicted molar refractivity (Wildman–Crippen MR) is 58.0 cm³/mol. The van der Waals surface area contributed by atoms with E-state index in [0.717, 1.165) is 24.9 Å². The van der Waals surface area contributed by atoms with Crippen molar-refractivity contribution in [1.82, 2.24) is 0 Å². The first kappa shape index (κ1) is 10.4. The van der Waals surface area contributed by atoms with Crippen LogP contribution in [-0.2, 0) is 4.74 Å². The molecule has 3 fully saturated rings. The van der Waals surface area contributed by atoms with Crippen molar-refractivity contribution < 1.29 is 4.74 Å². The second-order valence-electron chi connectivity index (χ2n) is 5.72. The zero-order valence-corrected chi connectivity index (χ0v) is 9.62. The van der Waals surface area contributed by atoms with Gasteiger partial charge in [0.05, 0.1) is 0 Å². The molecule has 0 spiro atoms. The molecule has 0 saturated heterocycles. The van der Waals surface area contributed by atoms with Crippen LogP contribution in [0.5, 0.6) is 0 Å². The van der Waals surface area contributed by atoms with Crippen LogP contribution in [0.25, 0.3) is 0 Å². The van der Waals surface area contributed by atoms with Crippen LogP contribution in [0.4, 0.5) is 0 Å². The first-order valence-corrected chi connectivity index (χ1v) is 5.82. The van der Waals surface area contributed by atoms with Gasteiger partial charge in [-0.2, -0.15) is 0 Å². The van der Waals surface area contributed by atoms with Gasteiger partial charge in [-0.1, -0.05) is 13.8 Å². The topological polar surface area (TPSA) is 35.2 Å². The second-order valence-corrected chi connectivity index (χ2v) is 5.72. The average Bonchev–Trinajstić information content (AvgIpc) is 2.15. The Morgan fingerprint density at radius 3 is 2.57 bits per heavy atom. The standard InChI is InChI=1S/C12H23NO/c1-12(2)9-6-8(4-5-14-3)11(13)10(12)7-9/h8-11H,4-7,13H2,1-3H3/t8-,9+,10+,11+/m0/s1. The molecule has 0 radical (unpaired) electrons. The van der Waals surface area contributed by atoms with Crippen molar-refractivity contribution >= 4 is 0 Å². The van der Waals surface area contributed by atoms with Gasteiger partial charge in [0.1, 0.15) is 0 Å². The molecule has 4 atom stereocenters. The zero-order chi connectivity index (χ0) is 10.3. The average molecular weight is 197 g/mol. The summed E-state index contributed by atoms with van der Waals surface area (Å²) >= 11 is 0. The van der Waals surface area contributed by atoms with Gasteiger partial charge in [-0.05, 0) is 42.4 Å². The Morgan fingerprint density at radius 1 is 1.36 bits per heavy atom. The summed E-state index contributed by atoms with van der Waals surface area (Å²) in [4.78, 5) is 0. The van der Waals surface area contributed by atoms with Crippen molar-refractivity contribution in [1.29, 1.82) is 0 Å². The number of nitrogens with two attached hydrogens (primary N) is 1. The van der Waals surface area contributed by atoms with Gasteiger partial charge in [0.25, 0.3) is 0 Å². The quantitative estimate of drug-likeness (QED) is 0.751. The van der Waals surface area contributed by atoms with Crippen molar-refractivity contribution in [3.8, 4) is 0 Å². The van der Waals surface area contributed by atoms with E-state index in [1.54, 1.807) is 7.11 Å². The van der Waals surface area contributed by atoms with E-state index in [4.69, 9.17) is 10.5 Å². The number of ether oxygens (including phenoxy) is 1. The van der Waals surface area contributed by atoms with E-state index in [9.17, 15) is 0 Å². The monoisotopic (exact) mass is 197 g/mol. The Labute approximate surface area is 87.2 Å². The molecule has 2 heteroatoms. The van der Waals surface area contributed by atoms with Crippen molar-refractivity contribution in [3.63, 3.8) is 0 Å². The molecule has 3 rings (SSSR count). The summed E-state index contributed by atoms with van der Waals surface area (Å²) in [6, 6.07) is 0.421. The summed E-state index contributed by atoms with van der Waals surface area (Å²) in [7, 11) is 1.78. The van der Waals surface area contributed by atoms with Gasteiger partial charge in [-0.3, -0.25) is 0 Å². The maximum absolute atomic E-state index is 6.32. The molecule has 82 valence electrons. The fraction of sp³-hybridized carbons (Fsp3) is 1.00. The van der Waals surface area contributed by atoms with Crippen molar-refractivity contribution in [2.24, 2.45) is 28.9 Å². The minimum absolute atomic E-state index is 0.421. The van der Waals surface area contributed by atoms with E-state index in [-0.39, 0.29) is 0 Å². The molecule has 0 aliphatic heterocycles. The molecular weight excluding hydrogens is 174 g/mol. The lowest BCUT2D eigenvalue weighted by Crippen LogP contribution is -2.61. The van der Waals surface area contributed by atoms with Crippen LogP contribution in [-0.4, -0.2) is 19.8 Å². The summed E-state index contributed by atoms with van der Waals surface area (Å²) in [5, 5.41) is 0. The summed E-state index contributed by atoms with van der Waals surface area (Å²) in [6.45, 7) is 5.65. The second kappa shape index (κ2) is 3.49. The molecule has 0 aromatic heterocycles. The highest BCUT2D eigenvalue weighted by atomic mass is 16.5. The van der Waals surface area contributed by atoms with E-state index in [0.29, 0.717) is 17.4 Å². The highest BCUT2D eigenvalue weighted by molar-refractivity contribution is 5.07. The SMILES string of the molecule is COCC[C@H]1C[C@@H]2C[C@H]([C@@H]1N)C2(C)C. The molecule has 2 bridgehead atoms. The lowest BCUT2D eigenvalue weighted by Gasteiger charge is -2.62. The first-order valence-electron chi connectivity index (χ1n) is 5.82. The van der Waals surface area contributed by atoms with Gasteiger partial charge >= 0.3 is 0 Å². The lowest BCUT2D eigenvalue weighted by atomic mass is 9.45. The largest absolute Gasteiger partial charge is 0.385 e. The molecule has 3 aliphatic carbocycles. The highest BCUT2D eigenvalue weighted by Gasteiger charge is 2.56. The molecule has 0 amide bonds. The molecule has 3 saturated carbocycles. The number of hydrogen-bond acceptors (Lipinski definition) is 2. The molecular formula is C12H23NO. The minimum atomic E-state index is 0.421. The molecule has 2 N–H and O–H groups in total. The van der Waals surface area contributed by atoms with Crippen LogP contribution in [0.3, 0.4) is 0 Å². The molecule has 0 heterocycles. The van der Waals surface area contributed by atoms with Gasteiger partial charge < -0.3 is 10.5 Å². The third-order valence-corrected chi connectivity index (χ3v) is 4.84. The van der Waals surface area contributed by atoms with Crippen molar-refractivity contribution in [2.75, 3.05) is 13.7 Å². The van der Waals surface area contributed by atoms with Gasteiger partial charge in [-0.15, -0.1) is 0 Å².